The van der Waals surface area contributed by atoms with E-state index in [1.807, 2.05) is 72.8 Å². The quantitative estimate of drug-likeness (QED) is 0.735. The minimum atomic E-state index is -1.21. The average molecular weight is 346 g/mol. The summed E-state index contributed by atoms with van der Waals surface area (Å²) in [6, 6.07) is 23.6. The first-order chi connectivity index (χ1) is 12.7. The number of aliphatic hydroxyl groups excluding tert-OH is 1. The van der Waals surface area contributed by atoms with Crippen molar-refractivity contribution in [2.45, 2.75) is 5.60 Å². The lowest BCUT2D eigenvalue weighted by molar-refractivity contribution is 0.125. The van der Waals surface area contributed by atoms with Crippen molar-refractivity contribution < 1.29 is 14.9 Å². The molecule has 0 atom stereocenters. The maximum Gasteiger partial charge on any atom is 0.141 e. The summed E-state index contributed by atoms with van der Waals surface area (Å²) in [6.07, 6.45) is 4.13. The molecular weight excluding hydrogens is 324 g/mol. The fourth-order valence-electron chi connectivity index (χ4n) is 3.41. The normalized spacial score (nSPS) is 13.5. The third-order valence-corrected chi connectivity index (χ3v) is 4.65. The molecule has 0 aliphatic heterocycles. The number of ether oxygens (including phenoxy) is 1. The van der Waals surface area contributed by atoms with E-state index in [4.69, 9.17) is 9.84 Å². The third kappa shape index (κ3) is 2.92. The molecule has 0 fully saturated rings. The fourth-order valence-corrected chi connectivity index (χ4v) is 3.41. The van der Waals surface area contributed by atoms with Crippen LogP contribution in [0.25, 0.3) is 12.2 Å². The van der Waals surface area contributed by atoms with Crippen LogP contribution in [0.5, 0.6) is 5.75 Å². The standard InChI is InChI=1S/C22H18O2.CH4O/c1-24-19-14-12-18(13-15-19)22(23)20-8-4-2-6-16(20)10-11-17-7-3-5-9-21(17)22;1-2/h2-15,23H,1H3;2H,1H3. The summed E-state index contributed by atoms with van der Waals surface area (Å²) in [4.78, 5) is 0. The van der Waals surface area contributed by atoms with Crippen LogP contribution in [-0.4, -0.2) is 24.4 Å². The number of hydrogen-bond donors (Lipinski definition) is 2. The number of aliphatic hydroxyl groups is 2. The molecule has 0 aromatic heterocycles. The van der Waals surface area contributed by atoms with Gasteiger partial charge in [0, 0.05) is 7.11 Å². The van der Waals surface area contributed by atoms with Gasteiger partial charge in [0.25, 0.3) is 0 Å². The SMILES string of the molecule is CO.COc1ccc(C2(O)c3ccccc3C=Cc3ccccc32)cc1. The van der Waals surface area contributed by atoms with E-state index in [-0.39, 0.29) is 0 Å². The first-order valence-electron chi connectivity index (χ1n) is 8.42. The van der Waals surface area contributed by atoms with E-state index in [2.05, 4.69) is 12.2 Å². The minimum Gasteiger partial charge on any atom is -0.497 e. The second-order valence-corrected chi connectivity index (χ2v) is 5.95. The highest BCUT2D eigenvalue weighted by Gasteiger charge is 2.37. The maximum absolute atomic E-state index is 11.9. The topological polar surface area (TPSA) is 49.7 Å². The Balaban J connectivity index is 0.000000948. The molecule has 3 aromatic rings. The Morgan fingerprint density at radius 1 is 0.692 bits per heavy atom. The molecule has 4 rings (SSSR count). The average Bonchev–Trinajstić information content (AvgIpc) is 2.86. The lowest BCUT2D eigenvalue weighted by Gasteiger charge is -2.31. The van der Waals surface area contributed by atoms with Crippen LogP contribution in [0.1, 0.15) is 27.8 Å². The van der Waals surface area contributed by atoms with Gasteiger partial charge < -0.3 is 14.9 Å². The predicted octanol–water partition coefficient (Wildman–Crippen LogP) is 4.07. The van der Waals surface area contributed by atoms with Gasteiger partial charge in [-0.25, -0.2) is 0 Å². The lowest BCUT2D eigenvalue weighted by atomic mass is 9.78. The fraction of sp³-hybridized carbons (Fsp3) is 0.130. The molecular formula is C23H22O3. The van der Waals surface area contributed by atoms with Crippen molar-refractivity contribution in [1.29, 1.82) is 0 Å². The molecule has 3 heteroatoms. The van der Waals surface area contributed by atoms with Crippen LogP contribution in [-0.2, 0) is 5.60 Å². The second-order valence-electron chi connectivity index (χ2n) is 5.95. The van der Waals surface area contributed by atoms with Gasteiger partial charge in [-0.3, -0.25) is 0 Å². The molecule has 2 N–H and O–H groups in total. The summed E-state index contributed by atoms with van der Waals surface area (Å²) in [5.41, 5.74) is 3.43. The van der Waals surface area contributed by atoms with E-state index in [0.717, 1.165) is 40.7 Å². The number of methoxy groups -OCH3 is 1. The summed E-state index contributed by atoms with van der Waals surface area (Å²) in [5.74, 6) is 0.774. The summed E-state index contributed by atoms with van der Waals surface area (Å²) in [5, 5.41) is 18.9. The molecule has 1 aliphatic rings. The minimum absolute atomic E-state index is 0.774. The summed E-state index contributed by atoms with van der Waals surface area (Å²) < 4.78 is 5.26. The van der Waals surface area contributed by atoms with Crippen LogP contribution in [0.2, 0.25) is 0 Å². The first-order valence-corrected chi connectivity index (χ1v) is 8.42. The van der Waals surface area contributed by atoms with E-state index in [1.54, 1.807) is 7.11 Å². The van der Waals surface area contributed by atoms with Crippen LogP contribution < -0.4 is 4.74 Å². The monoisotopic (exact) mass is 346 g/mol. The molecule has 0 spiro atoms. The Morgan fingerprint density at radius 3 is 1.62 bits per heavy atom. The molecule has 132 valence electrons. The van der Waals surface area contributed by atoms with Gasteiger partial charge in [0.15, 0.2) is 0 Å². The van der Waals surface area contributed by atoms with Crippen molar-refractivity contribution in [3.05, 3.63) is 101 Å². The summed E-state index contributed by atoms with van der Waals surface area (Å²) in [6.45, 7) is 0. The molecule has 3 aromatic carbocycles. The first kappa shape index (κ1) is 17.9. The van der Waals surface area contributed by atoms with Gasteiger partial charge in [-0.15, -0.1) is 0 Å². The number of fused-ring (bicyclic) bond motifs is 2. The number of hydrogen-bond acceptors (Lipinski definition) is 3. The Hall–Kier alpha value is -2.88. The van der Waals surface area contributed by atoms with Gasteiger partial charge in [0.2, 0.25) is 0 Å². The van der Waals surface area contributed by atoms with E-state index < -0.39 is 5.60 Å². The van der Waals surface area contributed by atoms with Gasteiger partial charge in [0.1, 0.15) is 11.4 Å². The van der Waals surface area contributed by atoms with Crippen molar-refractivity contribution in [1.82, 2.24) is 0 Å². The molecule has 3 nitrogen and oxygen atoms in total. The Morgan fingerprint density at radius 2 is 1.15 bits per heavy atom. The van der Waals surface area contributed by atoms with Crippen molar-refractivity contribution in [3.63, 3.8) is 0 Å². The summed E-state index contributed by atoms with van der Waals surface area (Å²) >= 11 is 0. The number of benzene rings is 3. The van der Waals surface area contributed by atoms with Crippen LogP contribution in [0.4, 0.5) is 0 Å². The highest BCUT2D eigenvalue weighted by Crippen LogP contribution is 2.42. The second kappa shape index (κ2) is 7.56. The van der Waals surface area contributed by atoms with Crippen LogP contribution in [0, 0.1) is 0 Å². The van der Waals surface area contributed by atoms with Gasteiger partial charge in [-0.2, -0.15) is 0 Å². The maximum atomic E-state index is 11.9. The van der Waals surface area contributed by atoms with Crippen LogP contribution in [0.3, 0.4) is 0 Å². The van der Waals surface area contributed by atoms with Crippen molar-refractivity contribution in [2.24, 2.45) is 0 Å². The highest BCUT2D eigenvalue weighted by atomic mass is 16.5. The largest absolute Gasteiger partial charge is 0.497 e. The van der Waals surface area contributed by atoms with Crippen LogP contribution in [0.15, 0.2) is 72.8 Å². The zero-order valence-corrected chi connectivity index (χ0v) is 14.9. The van der Waals surface area contributed by atoms with Crippen molar-refractivity contribution in [3.8, 4) is 5.75 Å². The Bertz CT molecular complexity index is 861. The zero-order chi connectivity index (χ0) is 18.6. The van der Waals surface area contributed by atoms with Gasteiger partial charge >= 0.3 is 0 Å². The molecule has 0 radical (unpaired) electrons. The van der Waals surface area contributed by atoms with E-state index in [1.165, 1.54) is 0 Å². The third-order valence-electron chi connectivity index (χ3n) is 4.65. The highest BCUT2D eigenvalue weighted by molar-refractivity contribution is 5.78. The zero-order valence-electron chi connectivity index (χ0n) is 14.9. The van der Waals surface area contributed by atoms with E-state index >= 15 is 0 Å². The van der Waals surface area contributed by atoms with Gasteiger partial charge in [-0.05, 0) is 39.9 Å². The molecule has 26 heavy (non-hydrogen) atoms. The van der Waals surface area contributed by atoms with E-state index in [9.17, 15) is 5.11 Å². The Labute approximate surface area is 153 Å². The van der Waals surface area contributed by atoms with Gasteiger partial charge in [-0.1, -0.05) is 72.8 Å². The summed E-state index contributed by atoms with van der Waals surface area (Å²) in [7, 11) is 2.64. The molecule has 0 heterocycles. The molecule has 0 amide bonds. The number of rotatable bonds is 2. The predicted molar refractivity (Wildman–Crippen MR) is 105 cm³/mol. The molecule has 1 aliphatic carbocycles. The van der Waals surface area contributed by atoms with Gasteiger partial charge in [0.05, 0.1) is 7.11 Å². The molecule has 0 saturated carbocycles. The van der Waals surface area contributed by atoms with Crippen molar-refractivity contribution in [2.75, 3.05) is 14.2 Å². The van der Waals surface area contributed by atoms with E-state index in [0.29, 0.717) is 0 Å². The molecule has 0 unspecified atom stereocenters. The van der Waals surface area contributed by atoms with Crippen molar-refractivity contribution >= 4 is 12.2 Å². The lowest BCUT2D eigenvalue weighted by Crippen LogP contribution is -2.30. The smallest absolute Gasteiger partial charge is 0.141 e. The van der Waals surface area contributed by atoms with Crippen LogP contribution >= 0.6 is 0 Å². The Kier molecular flexibility index (Phi) is 5.21. The molecule has 0 saturated heterocycles. The molecule has 0 bridgehead atoms.